The van der Waals surface area contributed by atoms with Gasteiger partial charge in [-0.15, -0.1) is 0 Å². The molecule has 1 spiro atoms. The Labute approximate surface area is 144 Å². The van der Waals surface area contributed by atoms with Gasteiger partial charge >= 0.3 is 0 Å². The van der Waals surface area contributed by atoms with Gasteiger partial charge in [-0.05, 0) is 39.1 Å². The molecule has 0 bridgehead atoms. The van der Waals surface area contributed by atoms with Crippen molar-refractivity contribution in [1.29, 1.82) is 0 Å². The van der Waals surface area contributed by atoms with Crippen LogP contribution in [0.3, 0.4) is 0 Å². The number of ether oxygens (including phenoxy) is 1. The molecule has 1 aromatic rings. The summed E-state index contributed by atoms with van der Waals surface area (Å²) in [5.74, 6) is 0.439. The second-order valence-corrected chi connectivity index (χ2v) is 7.44. The molecular formula is C18H29N3O3. The summed E-state index contributed by atoms with van der Waals surface area (Å²) in [5.41, 5.74) is 0.0450. The molecular weight excluding hydrogens is 306 g/mol. The number of amides is 1. The average molecular weight is 335 g/mol. The lowest BCUT2D eigenvalue weighted by molar-refractivity contribution is 0.00598. The third-order valence-corrected chi connectivity index (χ3v) is 5.06. The summed E-state index contributed by atoms with van der Waals surface area (Å²) in [4.78, 5) is 19.3. The molecule has 24 heavy (non-hydrogen) atoms. The van der Waals surface area contributed by atoms with E-state index in [0.29, 0.717) is 5.76 Å². The van der Waals surface area contributed by atoms with E-state index >= 15 is 0 Å². The number of nitrogens with zero attached hydrogens (tertiary/aromatic N) is 3. The maximum absolute atomic E-state index is 12.6. The van der Waals surface area contributed by atoms with Crippen molar-refractivity contribution < 1.29 is 13.9 Å². The highest BCUT2D eigenvalue weighted by molar-refractivity contribution is 5.91. The van der Waals surface area contributed by atoms with Gasteiger partial charge in [0.15, 0.2) is 5.76 Å². The van der Waals surface area contributed by atoms with Crippen LogP contribution in [0.5, 0.6) is 0 Å². The van der Waals surface area contributed by atoms with Crippen molar-refractivity contribution >= 4 is 5.91 Å². The van der Waals surface area contributed by atoms with E-state index in [0.717, 1.165) is 65.3 Å². The van der Waals surface area contributed by atoms with Gasteiger partial charge in [0.25, 0.3) is 5.91 Å². The summed E-state index contributed by atoms with van der Waals surface area (Å²) in [7, 11) is 4.21. The second-order valence-electron chi connectivity index (χ2n) is 7.44. The molecule has 2 aliphatic heterocycles. The summed E-state index contributed by atoms with van der Waals surface area (Å²) in [6.07, 6.45) is 3.70. The number of carbonyl (C=O) groups is 1. The molecule has 1 aromatic heterocycles. The molecule has 0 saturated carbocycles. The minimum atomic E-state index is 0.00293. The highest BCUT2D eigenvalue weighted by Crippen LogP contribution is 2.33. The number of likely N-dealkylation sites (tertiary alicyclic amines) is 1. The molecule has 2 aliphatic rings. The Morgan fingerprint density at radius 3 is 2.96 bits per heavy atom. The normalized spacial score (nSPS) is 26.0. The summed E-state index contributed by atoms with van der Waals surface area (Å²) < 4.78 is 11.2. The van der Waals surface area contributed by atoms with Crippen molar-refractivity contribution in [3.63, 3.8) is 0 Å². The first-order valence-electron chi connectivity index (χ1n) is 8.86. The molecule has 0 aromatic carbocycles. The zero-order chi connectivity index (χ0) is 17.0. The lowest BCUT2D eigenvalue weighted by Gasteiger charge is -2.43. The van der Waals surface area contributed by atoms with E-state index < -0.39 is 0 Å². The van der Waals surface area contributed by atoms with Gasteiger partial charge < -0.3 is 19.0 Å². The van der Waals surface area contributed by atoms with Crippen LogP contribution in [-0.2, 0) is 4.74 Å². The lowest BCUT2D eigenvalue weighted by atomic mass is 9.80. The van der Waals surface area contributed by atoms with Gasteiger partial charge in [-0.25, -0.2) is 0 Å². The molecule has 3 rings (SSSR count). The first-order valence-corrected chi connectivity index (χ1v) is 8.86. The van der Waals surface area contributed by atoms with Gasteiger partial charge in [-0.3, -0.25) is 9.69 Å². The molecule has 0 N–H and O–H groups in total. The minimum absolute atomic E-state index is 0.00293. The Hall–Kier alpha value is -1.37. The van der Waals surface area contributed by atoms with Crippen molar-refractivity contribution in [2.24, 2.45) is 5.41 Å². The number of hydrogen-bond acceptors (Lipinski definition) is 5. The fraction of sp³-hybridized carbons (Fsp3) is 0.722. The SMILES string of the molecule is CN(C)CCN1CCOC[C@@]2(CCCN(C(=O)c3ccco3)C2)C1. The van der Waals surface area contributed by atoms with E-state index in [1.54, 1.807) is 18.4 Å². The Balaban J connectivity index is 1.67. The molecule has 1 atom stereocenters. The Morgan fingerprint density at radius 2 is 2.21 bits per heavy atom. The van der Waals surface area contributed by atoms with Crippen LogP contribution >= 0.6 is 0 Å². The molecule has 6 nitrogen and oxygen atoms in total. The highest BCUT2D eigenvalue weighted by Gasteiger charge is 2.40. The number of piperidine rings is 1. The number of hydrogen-bond donors (Lipinski definition) is 0. The monoisotopic (exact) mass is 335 g/mol. The predicted octanol–water partition coefficient (Wildman–Crippen LogP) is 1.40. The van der Waals surface area contributed by atoms with Crippen molar-refractivity contribution in [3.8, 4) is 0 Å². The van der Waals surface area contributed by atoms with E-state index in [9.17, 15) is 4.79 Å². The van der Waals surface area contributed by atoms with Gasteiger partial charge in [0, 0.05) is 44.7 Å². The molecule has 0 aliphatic carbocycles. The van der Waals surface area contributed by atoms with Gasteiger partial charge in [-0.1, -0.05) is 0 Å². The molecule has 134 valence electrons. The van der Waals surface area contributed by atoms with E-state index in [2.05, 4.69) is 23.9 Å². The first kappa shape index (κ1) is 17.5. The van der Waals surface area contributed by atoms with Crippen molar-refractivity contribution in [2.75, 3.05) is 66.6 Å². The van der Waals surface area contributed by atoms with Crippen LogP contribution in [-0.4, -0.2) is 87.2 Å². The zero-order valence-electron chi connectivity index (χ0n) is 14.9. The minimum Gasteiger partial charge on any atom is -0.459 e. The van der Waals surface area contributed by atoms with Gasteiger partial charge in [-0.2, -0.15) is 0 Å². The Kier molecular flexibility index (Phi) is 5.58. The number of likely N-dealkylation sites (N-methyl/N-ethyl adjacent to an activating group) is 1. The van der Waals surface area contributed by atoms with Crippen molar-refractivity contribution in [3.05, 3.63) is 24.2 Å². The molecule has 6 heteroatoms. The van der Waals surface area contributed by atoms with Crippen LogP contribution in [0.2, 0.25) is 0 Å². The molecule has 3 heterocycles. The fourth-order valence-corrected chi connectivity index (χ4v) is 3.80. The number of furan rings is 1. The Morgan fingerprint density at radius 1 is 1.33 bits per heavy atom. The van der Waals surface area contributed by atoms with Gasteiger partial charge in [0.1, 0.15) is 0 Å². The molecule has 0 unspecified atom stereocenters. The van der Waals surface area contributed by atoms with Crippen LogP contribution in [0, 0.1) is 5.41 Å². The van der Waals surface area contributed by atoms with Gasteiger partial charge in [0.2, 0.25) is 0 Å². The highest BCUT2D eigenvalue weighted by atomic mass is 16.5. The van der Waals surface area contributed by atoms with Gasteiger partial charge in [0.05, 0.1) is 19.5 Å². The van der Waals surface area contributed by atoms with Crippen LogP contribution in [0.25, 0.3) is 0 Å². The summed E-state index contributed by atoms with van der Waals surface area (Å²) >= 11 is 0. The third-order valence-electron chi connectivity index (χ3n) is 5.06. The number of carbonyl (C=O) groups excluding carboxylic acids is 1. The van der Waals surface area contributed by atoms with E-state index in [1.807, 2.05) is 4.90 Å². The maximum Gasteiger partial charge on any atom is 0.289 e. The largest absolute Gasteiger partial charge is 0.459 e. The molecule has 0 radical (unpaired) electrons. The van der Waals surface area contributed by atoms with E-state index in [4.69, 9.17) is 9.15 Å². The zero-order valence-corrected chi connectivity index (χ0v) is 14.9. The predicted molar refractivity (Wildman–Crippen MR) is 92.1 cm³/mol. The van der Waals surface area contributed by atoms with Crippen LogP contribution in [0.15, 0.2) is 22.8 Å². The molecule has 1 amide bonds. The second kappa shape index (κ2) is 7.68. The molecule has 2 saturated heterocycles. The van der Waals surface area contributed by atoms with Crippen molar-refractivity contribution in [2.45, 2.75) is 12.8 Å². The Bertz CT molecular complexity index is 532. The van der Waals surface area contributed by atoms with Crippen LogP contribution < -0.4 is 0 Å². The first-order chi connectivity index (χ1) is 11.6. The standard InChI is InChI=1S/C18H29N3O3/c1-19(2)8-9-20-10-12-23-15-18(13-20)6-4-7-21(14-18)17(22)16-5-3-11-24-16/h3,5,11H,4,6-10,12-15H2,1-2H3/t18-/m0/s1. The average Bonchev–Trinajstić information content (AvgIpc) is 3.03. The van der Waals surface area contributed by atoms with Crippen LogP contribution in [0.4, 0.5) is 0 Å². The lowest BCUT2D eigenvalue weighted by Crippen LogP contribution is -2.52. The van der Waals surface area contributed by atoms with Crippen LogP contribution in [0.1, 0.15) is 23.4 Å². The third kappa shape index (κ3) is 4.18. The summed E-state index contributed by atoms with van der Waals surface area (Å²) in [6, 6.07) is 3.52. The molecule has 2 fully saturated rings. The quantitative estimate of drug-likeness (QED) is 0.832. The fourth-order valence-electron chi connectivity index (χ4n) is 3.80. The van der Waals surface area contributed by atoms with E-state index in [-0.39, 0.29) is 11.3 Å². The number of rotatable bonds is 4. The topological polar surface area (TPSA) is 49.2 Å². The smallest absolute Gasteiger partial charge is 0.289 e. The summed E-state index contributed by atoms with van der Waals surface area (Å²) in [5, 5.41) is 0. The van der Waals surface area contributed by atoms with E-state index in [1.165, 1.54) is 0 Å². The summed E-state index contributed by atoms with van der Waals surface area (Å²) in [6.45, 7) is 7.15. The van der Waals surface area contributed by atoms with Crippen molar-refractivity contribution in [1.82, 2.24) is 14.7 Å². The maximum atomic E-state index is 12.6.